The predicted octanol–water partition coefficient (Wildman–Crippen LogP) is -1.46. The molecule has 2 amide bonds. The Labute approximate surface area is 142 Å². The minimum atomic E-state index is -1.31. The van der Waals surface area contributed by atoms with E-state index in [1.54, 1.807) is 0 Å². The molecule has 1 rings (SSSR count). The molecule has 24 heavy (non-hydrogen) atoms. The van der Waals surface area contributed by atoms with Crippen LogP contribution in [0.5, 0.6) is 0 Å². The van der Waals surface area contributed by atoms with E-state index in [1.807, 2.05) is 6.92 Å². The molecule has 0 heterocycles. The second-order valence-corrected chi connectivity index (χ2v) is 6.05. The lowest BCUT2D eigenvalue weighted by atomic mass is 9.91. The zero-order chi connectivity index (χ0) is 18.1. The summed E-state index contributed by atoms with van der Waals surface area (Å²) < 4.78 is 0. The summed E-state index contributed by atoms with van der Waals surface area (Å²) in [6.45, 7) is 2.97. The van der Waals surface area contributed by atoms with E-state index in [9.17, 15) is 24.9 Å². The van der Waals surface area contributed by atoms with Gasteiger partial charge in [0.05, 0.1) is 6.10 Å². The molecular formula is C16H29N3O5. The number of aliphatic hydroxyl groups excluding tert-OH is 3. The fourth-order valence-corrected chi connectivity index (χ4v) is 2.50. The third-order valence-electron chi connectivity index (χ3n) is 3.95. The summed E-state index contributed by atoms with van der Waals surface area (Å²) in [6, 6.07) is -0.697. The summed E-state index contributed by atoms with van der Waals surface area (Å²) in [5.74, 6) is -0.788. The molecule has 0 radical (unpaired) electrons. The van der Waals surface area contributed by atoms with Crippen LogP contribution >= 0.6 is 0 Å². The molecule has 0 aromatic heterocycles. The van der Waals surface area contributed by atoms with Crippen LogP contribution < -0.4 is 16.4 Å². The Balaban J connectivity index is 2.71. The van der Waals surface area contributed by atoms with Crippen molar-refractivity contribution in [2.45, 2.75) is 63.4 Å². The number of aliphatic hydroxyl groups is 3. The van der Waals surface area contributed by atoms with Crippen molar-refractivity contribution in [1.29, 1.82) is 0 Å². The van der Waals surface area contributed by atoms with E-state index < -0.39 is 30.3 Å². The summed E-state index contributed by atoms with van der Waals surface area (Å²) in [5.41, 5.74) is 5.62. The van der Waals surface area contributed by atoms with E-state index in [0.717, 1.165) is 12.8 Å². The van der Waals surface area contributed by atoms with Gasteiger partial charge in [-0.15, -0.1) is 0 Å². The highest BCUT2D eigenvalue weighted by molar-refractivity contribution is 5.97. The highest BCUT2D eigenvalue weighted by Gasteiger charge is 2.32. The van der Waals surface area contributed by atoms with Crippen molar-refractivity contribution >= 4 is 11.8 Å². The first-order valence-electron chi connectivity index (χ1n) is 8.44. The number of nitrogens with one attached hydrogen (secondary N) is 2. The van der Waals surface area contributed by atoms with Crippen LogP contribution in [0.15, 0.2) is 11.6 Å². The van der Waals surface area contributed by atoms with Gasteiger partial charge in [-0.1, -0.05) is 6.92 Å². The Kier molecular flexibility index (Phi) is 8.91. The number of unbranched alkanes of at least 4 members (excludes halogenated alkanes) is 1. The Morgan fingerprint density at radius 3 is 2.62 bits per heavy atom. The minimum Gasteiger partial charge on any atom is -0.390 e. The summed E-state index contributed by atoms with van der Waals surface area (Å²) in [7, 11) is 0. The average Bonchev–Trinajstić information content (AvgIpc) is 2.56. The van der Waals surface area contributed by atoms with Gasteiger partial charge >= 0.3 is 0 Å². The topological polar surface area (TPSA) is 145 Å². The third-order valence-corrected chi connectivity index (χ3v) is 3.95. The van der Waals surface area contributed by atoms with Crippen LogP contribution in [-0.2, 0) is 9.59 Å². The van der Waals surface area contributed by atoms with Crippen LogP contribution in [0.25, 0.3) is 0 Å². The van der Waals surface area contributed by atoms with E-state index in [4.69, 9.17) is 5.73 Å². The summed E-state index contributed by atoms with van der Waals surface area (Å²) in [5, 5.41) is 34.2. The van der Waals surface area contributed by atoms with Crippen LogP contribution in [0, 0.1) is 0 Å². The van der Waals surface area contributed by atoms with Gasteiger partial charge in [0.25, 0.3) is 0 Å². The van der Waals surface area contributed by atoms with E-state index in [1.165, 1.54) is 6.08 Å². The lowest BCUT2D eigenvalue weighted by Gasteiger charge is -2.28. The first-order chi connectivity index (χ1) is 11.4. The largest absolute Gasteiger partial charge is 0.390 e. The van der Waals surface area contributed by atoms with Crippen LogP contribution in [0.1, 0.15) is 39.0 Å². The molecule has 0 aromatic rings. The zero-order valence-corrected chi connectivity index (χ0v) is 14.1. The molecule has 4 atom stereocenters. The molecule has 0 aromatic carbocycles. The number of rotatable bonds is 9. The number of amides is 2. The van der Waals surface area contributed by atoms with Crippen molar-refractivity contribution in [3.05, 3.63) is 11.6 Å². The van der Waals surface area contributed by atoms with Gasteiger partial charge in [0.2, 0.25) is 11.8 Å². The normalized spacial score (nSPS) is 24.9. The number of hydrogen-bond acceptors (Lipinski definition) is 6. The van der Waals surface area contributed by atoms with Crippen molar-refractivity contribution in [1.82, 2.24) is 10.6 Å². The lowest BCUT2D eigenvalue weighted by molar-refractivity contribution is -0.128. The highest BCUT2D eigenvalue weighted by atomic mass is 16.4. The summed E-state index contributed by atoms with van der Waals surface area (Å²) in [4.78, 5) is 24.5. The van der Waals surface area contributed by atoms with Gasteiger partial charge in [0.15, 0.2) is 0 Å². The first-order valence-corrected chi connectivity index (χ1v) is 8.44. The number of nitrogens with two attached hydrogens (primary N) is 1. The second kappa shape index (κ2) is 10.4. The molecule has 1 aliphatic carbocycles. The Morgan fingerprint density at radius 1 is 1.33 bits per heavy atom. The molecule has 7 N–H and O–H groups in total. The van der Waals surface area contributed by atoms with E-state index in [2.05, 4.69) is 10.6 Å². The van der Waals surface area contributed by atoms with Crippen molar-refractivity contribution in [3.63, 3.8) is 0 Å². The third kappa shape index (κ3) is 6.20. The van der Waals surface area contributed by atoms with Gasteiger partial charge in [0, 0.05) is 18.5 Å². The Hall–Kier alpha value is -1.48. The van der Waals surface area contributed by atoms with Crippen molar-refractivity contribution in [2.24, 2.45) is 5.73 Å². The Bertz CT molecular complexity index is 455. The molecule has 0 fully saturated rings. The van der Waals surface area contributed by atoms with E-state index in [-0.39, 0.29) is 17.9 Å². The molecule has 0 spiro atoms. The maximum absolute atomic E-state index is 12.3. The van der Waals surface area contributed by atoms with E-state index >= 15 is 0 Å². The monoisotopic (exact) mass is 343 g/mol. The molecule has 0 saturated carbocycles. The van der Waals surface area contributed by atoms with Gasteiger partial charge in [-0.3, -0.25) is 9.59 Å². The quantitative estimate of drug-likeness (QED) is 0.282. The number of carbonyl (C=O) groups excluding carboxylic acids is 2. The molecule has 0 aliphatic heterocycles. The van der Waals surface area contributed by atoms with Gasteiger partial charge in [0.1, 0.15) is 18.2 Å². The maximum atomic E-state index is 12.3. The lowest BCUT2D eigenvalue weighted by Crippen LogP contribution is -2.49. The molecule has 8 nitrogen and oxygen atoms in total. The molecule has 8 heteroatoms. The average molecular weight is 343 g/mol. The minimum absolute atomic E-state index is 0.0733. The molecular weight excluding hydrogens is 314 g/mol. The van der Waals surface area contributed by atoms with Gasteiger partial charge in [-0.25, -0.2) is 0 Å². The Morgan fingerprint density at radius 2 is 2.04 bits per heavy atom. The van der Waals surface area contributed by atoms with Crippen molar-refractivity contribution in [3.8, 4) is 0 Å². The van der Waals surface area contributed by atoms with Gasteiger partial charge in [-0.2, -0.15) is 0 Å². The van der Waals surface area contributed by atoms with Crippen LogP contribution in [0.2, 0.25) is 0 Å². The fourth-order valence-electron chi connectivity index (χ4n) is 2.50. The fraction of sp³-hybridized carbons (Fsp3) is 0.750. The molecule has 1 aliphatic rings. The highest BCUT2D eigenvalue weighted by Crippen LogP contribution is 2.20. The SMILES string of the molecule is CCCNC(=O)C(CCCCN)NC(=O)C1=C[C@@H](O)[C@@H](O)[C@H](O)C1. The number of carbonyl (C=O) groups is 2. The van der Waals surface area contributed by atoms with Crippen LogP contribution in [0.3, 0.4) is 0 Å². The van der Waals surface area contributed by atoms with E-state index in [0.29, 0.717) is 25.9 Å². The van der Waals surface area contributed by atoms with Crippen molar-refractivity contribution < 1.29 is 24.9 Å². The maximum Gasteiger partial charge on any atom is 0.247 e. The molecule has 138 valence electrons. The summed E-state index contributed by atoms with van der Waals surface area (Å²) >= 11 is 0. The van der Waals surface area contributed by atoms with Crippen LogP contribution in [-0.4, -0.2) is 64.6 Å². The number of hydrogen-bond donors (Lipinski definition) is 6. The summed E-state index contributed by atoms with van der Waals surface area (Å²) in [6.07, 6.45) is 0.00753. The zero-order valence-electron chi connectivity index (χ0n) is 14.1. The molecule has 1 unspecified atom stereocenters. The van der Waals surface area contributed by atoms with Crippen molar-refractivity contribution in [2.75, 3.05) is 13.1 Å². The van der Waals surface area contributed by atoms with Gasteiger partial charge < -0.3 is 31.7 Å². The smallest absolute Gasteiger partial charge is 0.247 e. The molecule has 0 bridgehead atoms. The molecule has 0 saturated heterocycles. The van der Waals surface area contributed by atoms with Gasteiger partial charge in [-0.05, 0) is 38.3 Å². The second-order valence-electron chi connectivity index (χ2n) is 6.05. The van der Waals surface area contributed by atoms with Crippen LogP contribution in [0.4, 0.5) is 0 Å². The standard InChI is InChI=1S/C16H29N3O5/c1-2-7-18-16(24)11(5-3-4-6-17)19-15(23)10-8-12(20)14(22)13(21)9-10/h8,11-14,20-22H,2-7,9,17H2,1H3,(H,18,24)(H,19,23)/t11?,12-,13-,14-/m1/s1. The predicted molar refractivity (Wildman–Crippen MR) is 88.9 cm³/mol. The first kappa shape index (κ1) is 20.6.